The predicted molar refractivity (Wildman–Crippen MR) is 118 cm³/mol. The van der Waals surface area contributed by atoms with E-state index < -0.39 is 12.1 Å². The number of carbonyl (C=O) groups excluding carboxylic acids is 3. The lowest BCUT2D eigenvalue weighted by atomic mass is 9.93. The van der Waals surface area contributed by atoms with E-state index in [1.807, 2.05) is 12.1 Å². The van der Waals surface area contributed by atoms with E-state index in [9.17, 15) is 14.4 Å². The second-order valence-electron chi connectivity index (χ2n) is 7.23. The van der Waals surface area contributed by atoms with Gasteiger partial charge in [0.2, 0.25) is 5.91 Å². The van der Waals surface area contributed by atoms with Gasteiger partial charge >= 0.3 is 5.97 Å². The zero-order valence-electron chi connectivity index (χ0n) is 16.6. The Kier molecular flexibility index (Phi) is 5.73. The SMILES string of the molecule is CC(=O)Nc1ccc(NC(=O)c2ccc3c(c2)C[C@H](c2ccc(Cl)cc2)OC3=O)cc1. The van der Waals surface area contributed by atoms with Crippen molar-refractivity contribution in [2.24, 2.45) is 0 Å². The van der Waals surface area contributed by atoms with Crippen molar-refractivity contribution in [1.29, 1.82) is 0 Å². The van der Waals surface area contributed by atoms with Gasteiger partial charge in [-0.15, -0.1) is 0 Å². The minimum Gasteiger partial charge on any atom is -0.454 e. The van der Waals surface area contributed by atoms with E-state index in [1.54, 1.807) is 54.6 Å². The van der Waals surface area contributed by atoms with Gasteiger partial charge in [-0.25, -0.2) is 4.79 Å². The standard InChI is InChI=1S/C24H19ClN2O4/c1-14(28)26-19-7-9-20(10-8-19)27-23(29)16-4-11-21-17(12-16)13-22(31-24(21)30)15-2-5-18(25)6-3-15/h2-12,22H,13H2,1H3,(H,26,28)(H,27,29)/t22-/m1/s1. The molecule has 2 N–H and O–H groups in total. The van der Waals surface area contributed by atoms with Gasteiger partial charge < -0.3 is 15.4 Å². The lowest BCUT2D eigenvalue weighted by Gasteiger charge is -2.25. The average Bonchev–Trinajstić information content (AvgIpc) is 2.75. The molecule has 4 rings (SSSR count). The third kappa shape index (κ3) is 4.75. The molecule has 3 aromatic rings. The number of nitrogens with one attached hydrogen (secondary N) is 2. The summed E-state index contributed by atoms with van der Waals surface area (Å²) in [5.41, 5.74) is 3.74. The molecule has 0 aromatic heterocycles. The van der Waals surface area contributed by atoms with Crippen LogP contribution in [0, 0.1) is 0 Å². The Morgan fingerprint density at radius 1 is 0.935 bits per heavy atom. The molecule has 0 bridgehead atoms. The summed E-state index contributed by atoms with van der Waals surface area (Å²) < 4.78 is 5.56. The molecule has 0 unspecified atom stereocenters. The molecule has 31 heavy (non-hydrogen) atoms. The monoisotopic (exact) mass is 434 g/mol. The number of cyclic esters (lactones) is 1. The number of hydrogen-bond acceptors (Lipinski definition) is 4. The molecule has 7 heteroatoms. The number of esters is 1. The maximum atomic E-state index is 12.7. The fourth-order valence-electron chi connectivity index (χ4n) is 3.44. The first-order valence-corrected chi connectivity index (χ1v) is 10.1. The molecule has 0 spiro atoms. The fraction of sp³-hybridized carbons (Fsp3) is 0.125. The number of hydrogen-bond donors (Lipinski definition) is 2. The minimum atomic E-state index is -0.433. The number of anilines is 2. The fourth-order valence-corrected chi connectivity index (χ4v) is 3.57. The van der Waals surface area contributed by atoms with Crippen LogP contribution < -0.4 is 10.6 Å². The molecule has 3 aromatic carbocycles. The molecule has 1 heterocycles. The van der Waals surface area contributed by atoms with Gasteiger partial charge in [0.1, 0.15) is 6.10 Å². The van der Waals surface area contributed by atoms with Crippen molar-refractivity contribution in [3.8, 4) is 0 Å². The zero-order chi connectivity index (χ0) is 22.0. The second-order valence-corrected chi connectivity index (χ2v) is 7.67. The molecule has 156 valence electrons. The van der Waals surface area contributed by atoms with Crippen LogP contribution in [-0.2, 0) is 16.0 Å². The Balaban J connectivity index is 1.51. The summed E-state index contributed by atoms with van der Waals surface area (Å²) in [6.07, 6.45) is 0.0341. The van der Waals surface area contributed by atoms with E-state index in [2.05, 4.69) is 10.6 Å². The molecule has 6 nitrogen and oxygen atoms in total. The molecule has 0 saturated carbocycles. The topological polar surface area (TPSA) is 84.5 Å². The van der Waals surface area contributed by atoms with E-state index in [0.717, 1.165) is 11.1 Å². The number of benzene rings is 3. The van der Waals surface area contributed by atoms with E-state index in [-0.39, 0.29) is 11.8 Å². The minimum absolute atomic E-state index is 0.165. The summed E-state index contributed by atoms with van der Waals surface area (Å²) in [5.74, 6) is -0.875. The van der Waals surface area contributed by atoms with Gasteiger partial charge in [0.15, 0.2) is 0 Å². The lowest BCUT2D eigenvalue weighted by molar-refractivity contribution is -0.114. The number of amides is 2. The molecule has 0 fully saturated rings. The Morgan fingerprint density at radius 3 is 2.23 bits per heavy atom. The summed E-state index contributed by atoms with van der Waals surface area (Å²) in [6.45, 7) is 1.43. The Labute approximate surface area is 184 Å². The van der Waals surface area contributed by atoms with Crippen LogP contribution in [0.3, 0.4) is 0 Å². The first kappa shape index (κ1) is 20.6. The molecule has 1 aliphatic heterocycles. The van der Waals surface area contributed by atoms with Crippen molar-refractivity contribution in [3.63, 3.8) is 0 Å². The Hall–Kier alpha value is -3.64. The van der Waals surface area contributed by atoms with Crippen LogP contribution in [0.5, 0.6) is 0 Å². The van der Waals surface area contributed by atoms with E-state index in [0.29, 0.717) is 33.9 Å². The van der Waals surface area contributed by atoms with Crippen molar-refractivity contribution >= 4 is 40.8 Å². The second kappa shape index (κ2) is 8.62. The molecule has 1 aliphatic rings. The Bertz CT molecular complexity index is 1160. The van der Waals surface area contributed by atoms with Gasteiger partial charge in [0.05, 0.1) is 5.56 Å². The smallest absolute Gasteiger partial charge is 0.339 e. The van der Waals surface area contributed by atoms with Gasteiger partial charge in [-0.1, -0.05) is 23.7 Å². The van der Waals surface area contributed by atoms with E-state index >= 15 is 0 Å². The number of ether oxygens (including phenoxy) is 1. The third-order valence-electron chi connectivity index (χ3n) is 4.95. The number of halogens is 1. The third-order valence-corrected chi connectivity index (χ3v) is 5.20. The van der Waals surface area contributed by atoms with Crippen LogP contribution in [-0.4, -0.2) is 17.8 Å². The number of fused-ring (bicyclic) bond motifs is 1. The van der Waals surface area contributed by atoms with Crippen LogP contribution in [0.25, 0.3) is 0 Å². The van der Waals surface area contributed by atoms with Crippen LogP contribution >= 0.6 is 11.6 Å². The molecule has 0 radical (unpaired) electrons. The van der Waals surface area contributed by atoms with Crippen LogP contribution in [0.1, 0.15) is 44.9 Å². The first-order valence-electron chi connectivity index (χ1n) is 9.67. The summed E-state index contributed by atoms with van der Waals surface area (Å²) in [6, 6.07) is 18.9. The molecule has 1 atom stereocenters. The van der Waals surface area contributed by atoms with Crippen molar-refractivity contribution < 1.29 is 19.1 Å². The Morgan fingerprint density at radius 2 is 1.58 bits per heavy atom. The number of rotatable bonds is 4. The van der Waals surface area contributed by atoms with E-state index in [4.69, 9.17) is 16.3 Å². The molecular formula is C24H19ClN2O4. The van der Waals surface area contributed by atoms with Gasteiger partial charge in [-0.05, 0) is 65.7 Å². The van der Waals surface area contributed by atoms with Gasteiger partial charge in [-0.3, -0.25) is 9.59 Å². The highest BCUT2D eigenvalue weighted by Crippen LogP contribution is 2.31. The van der Waals surface area contributed by atoms with Gasteiger partial charge in [0, 0.05) is 35.3 Å². The highest BCUT2D eigenvalue weighted by molar-refractivity contribution is 6.30. The quantitative estimate of drug-likeness (QED) is 0.565. The van der Waals surface area contributed by atoms with Gasteiger partial charge in [0.25, 0.3) is 5.91 Å². The molecule has 2 amide bonds. The predicted octanol–water partition coefficient (Wildman–Crippen LogP) is 5.00. The van der Waals surface area contributed by atoms with E-state index in [1.165, 1.54) is 6.92 Å². The number of carbonyl (C=O) groups is 3. The highest BCUT2D eigenvalue weighted by Gasteiger charge is 2.28. The molecular weight excluding hydrogens is 416 g/mol. The van der Waals surface area contributed by atoms with Crippen LogP contribution in [0.15, 0.2) is 66.7 Å². The molecule has 0 saturated heterocycles. The maximum absolute atomic E-state index is 12.7. The van der Waals surface area contributed by atoms with Crippen molar-refractivity contribution in [1.82, 2.24) is 0 Å². The normalized spacial score (nSPS) is 14.9. The zero-order valence-corrected chi connectivity index (χ0v) is 17.4. The largest absolute Gasteiger partial charge is 0.454 e. The average molecular weight is 435 g/mol. The summed E-state index contributed by atoms with van der Waals surface area (Å²) >= 11 is 5.94. The maximum Gasteiger partial charge on any atom is 0.339 e. The van der Waals surface area contributed by atoms with Gasteiger partial charge in [-0.2, -0.15) is 0 Å². The van der Waals surface area contributed by atoms with Crippen LogP contribution in [0.4, 0.5) is 11.4 Å². The van der Waals surface area contributed by atoms with Crippen molar-refractivity contribution in [3.05, 3.63) is 94.0 Å². The lowest BCUT2D eigenvalue weighted by Crippen LogP contribution is -2.23. The summed E-state index contributed by atoms with van der Waals surface area (Å²) in [4.78, 5) is 36.3. The van der Waals surface area contributed by atoms with Crippen molar-refractivity contribution in [2.45, 2.75) is 19.4 Å². The highest BCUT2D eigenvalue weighted by atomic mass is 35.5. The van der Waals surface area contributed by atoms with Crippen LogP contribution in [0.2, 0.25) is 5.02 Å². The summed E-state index contributed by atoms with van der Waals surface area (Å²) in [5, 5.41) is 6.10. The molecule has 0 aliphatic carbocycles. The summed E-state index contributed by atoms with van der Waals surface area (Å²) in [7, 11) is 0. The van der Waals surface area contributed by atoms with Crippen molar-refractivity contribution in [2.75, 3.05) is 10.6 Å². The first-order chi connectivity index (χ1) is 14.9.